The van der Waals surface area contributed by atoms with Gasteiger partial charge in [0.05, 0.1) is 17.2 Å². The molecule has 0 radical (unpaired) electrons. The molecule has 0 aromatic carbocycles. The van der Waals surface area contributed by atoms with Gasteiger partial charge in [-0.2, -0.15) is 0 Å². The second-order valence-corrected chi connectivity index (χ2v) is 6.02. The molecule has 2 N–H and O–H groups in total. The van der Waals surface area contributed by atoms with Crippen molar-refractivity contribution >= 4 is 23.3 Å². The van der Waals surface area contributed by atoms with E-state index in [0.717, 1.165) is 0 Å². The van der Waals surface area contributed by atoms with Gasteiger partial charge in [0.15, 0.2) is 5.69 Å². The SMILES string of the molecule is C[C@@H]1CN(C(=O)NCCc2nc(C(=O)O)cs2)C[C@H](C)O1. The van der Waals surface area contributed by atoms with Gasteiger partial charge in [0.1, 0.15) is 0 Å². The van der Waals surface area contributed by atoms with Crippen molar-refractivity contribution in [2.24, 2.45) is 0 Å². The van der Waals surface area contributed by atoms with Gasteiger partial charge in [0, 0.05) is 31.4 Å². The van der Waals surface area contributed by atoms with Crippen molar-refractivity contribution in [1.29, 1.82) is 0 Å². The minimum absolute atomic E-state index is 0.0385. The molecule has 1 saturated heterocycles. The summed E-state index contributed by atoms with van der Waals surface area (Å²) in [6, 6.07) is -0.119. The molecule has 0 unspecified atom stereocenters. The molecule has 2 heterocycles. The number of hydrogen-bond acceptors (Lipinski definition) is 5. The van der Waals surface area contributed by atoms with Gasteiger partial charge in [-0.15, -0.1) is 11.3 Å². The third kappa shape index (κ3) is 4.40. The summed E-state index contributed by atoms with van der Waals surface area (Å²) in [5.74, 6) is -1.03. The Kier molecular flexibility index (Phi) is 5.13. The monoisotopic (exact) mass is 313 g/mol. The number of nitrogens with one attached hydrogen (secondary N) is 1. The van der Waals surface area contributed by atoms with Crippen LogP contribution in [-0.2, 0) is 11.2 Å². The van der Waals surface area contributed by atoms with E-state index in [1.165, 1.54) is 16.7 Å². The molecule has 1 aromatic heterocycles. The topological polar surface area (TPSA) is 91.8 Å². The van der Waals surface area contributed by atoms with Crippen molar-refractivity contribution in [1.82, 2.24) is 15.2 Å². The van der Waals surface area contributed by atoms with E-state index in [4.69, 9.17) is 9.84 Å². The molecular weight excluding hydrogens is 294 g/mol. The van der Waals surface area contributed by atoms with E-state index < -0.39 is 5.97 Å². The quantitative estimate of drug-likeness (QED) is 0.871. The summed E-state index contributed by atoms with van der Waals surface area (Å²) in [6.45, 7) is 5.48. The first-order valence-corrected chi connectivity index (χ1v) is 7.69. The predicted octanol–water partition coefficient (Wildman–Crippen LogP) is 1.20. The smallest absolute Gasteiger partial charge is 0.355 e. The number of rotatable bonds is 4. The molecule has 0 saturated carbocycles. The van der Waals surface area contributed by atoms with Gasteiger partial charge in [-0.05, 0) is 13.8 Å². The Morgan fingerprint density at radius 2 is 2.14 bits per heavy atom. The molecule has 1 aliphatic rings. The average Bonchev–Trinajstić information content (AvgIpc) is 2.86. The summed E-state index contributed by atoms with van der Waals surface area (Å²) in [5.41, 5.74) is 0.0529. The Morgan fingerprint density at radius 3 is 2.71 bits per heavy atom. The summed E-state index contributed by atoms with van der Waals surface area (Å²) >= 11 is 1.29. The van der Waals surface area contributed by atoms with E-state index in [1.54, 1.807) is 4.90 Å². The lowest BCUT2D eigenvalue weighted by atomic mass is 10.2. The van der Waals surface area contributed by atoms with Crippen LogP contribution in [0.25, 0.3) is 0 Å². The van der Waals surface area contributed by atoms with Crippen LogP contribution < -0.4 is 5.32 Å². The van der Waals surface area contributed by atoms with E-state index in [1.807, 2.05) is 13.8 Å². The largest absolute Gasteiger partial charge is 0.476 e. The molecule has 7 nitrogen and oxygen atoms in total. The number of nitrogens with zero attached hydrogens (tertiary/aromatic N) is 2. The van der Waals surface area contributed by atoms with Crippen LogP contribution in [0.4, 0.5) is 4.79 Å². The highest BCUT2D eigenvalue weighted by molar-refractivity contribution is 7.09. The Bertz CT molecular complexity index is 509. The zero-order valence-electron chi connectivity index (χ0n) is 12.0. The van der Waals surface area contributed by atoms with Crippen LogP contribution in [0.5, 0.6) is 0 Å². The number of carbonyl (C=O) groups excluding carboxylic acids is 1. The minimum Gasteiger partial charge on any atom is -0.476 e. The number of aromatic carboxylic acids is 1. The van der Waals surface area contributed by atoms with Crippen LogP contribution in [0.3, 0.4) is 0 Å². The number of thiazole rings is 1. The number of urea groups is 1. The summed E-state index contributed by atoms with van der Waals surface area (Å²) < 4.78 is 5.58. The van der Waals surface area contributed by atoms with E-state index >= 15 is 0 Å². The fourth-order valence-corrected chi connectivity index (χ4v) is 3.03. The zero-order valence-corrected chi connectivity index (χ0v) is 12.9. The van der Waals surface area contributed by atoms with Crippen molar-refractivity contribution in [2.45, 2.75) is 32.5 Å². The number of morpholine rings is 1. The standard InChI is InChI=1S/C13H19N3O4S/c1-8-5-16(6-9(2)20-8)13(19)14-4-3-11-15-10(7-21-11)12(17)18/h7-9H,3-6H2,1-2H3,(H,14,19)(H,17,18)/t8-,9+. The molecule has 1 aromatic rings. The second kappa shape index (κ2) is 6.86. The summed E-state index contributed by atoms with van der Waals surface area (Å²) in [6.07, 6.45) is 0.604. The van der Waals surface area contributed by atoms with Gasteiger partial charge in [0.2, 0.25) is 0 Å². The van der Waals surface area contributed by atoms with Crippen LogP contribution in [0.1, 0.15) is 29.3 Å². The maximum Gasteiger partial charge on any atom is 0.355 e. The Hall–Kier alpha value is -1.67. The van der Waals surface area contributed by atoms with Crippen LogP contribution >= 0.6 is 11.3 Å². The van der Waals surface area contributed by atoms with Crippen molar-refractivity contribution in [3.63, 3.8) is 0 Å². The van der Waals surface area contributed by atoms with Crippen molar-refractivity contribution in [2.75, 3.05) is 19.6 Å². The van der Waals surface area contributed by atoms with E-state index in [0.29, 0.717) is 31.1 Å². The number of carbonyl (C=O) groups is 2. The molecular formula is C13H19N3O4S. The number of amides is 2. The van der Waals surface area contributed by atoms with Gasteiger partial charge >= 0.3 is 12.0 Å². The molecule has 2 rings (SSSR count). The fourth-order valence-electron chi connectivity index (χ4n) is 2.26. The lowest BCUT2D eigenvalue weighted by molar-refractivity contribution is -0.0544. The van der Waals surface area contributed by atoms with Crippen LogP contribution in [0, 0.1) is 0 Å². The Morgan fingerprint density at radius 1 is 1.48 bits per heavy atom. The zero-order chi connectivity index (χ0) is 15.4. The molecule has 0 spiro atoms. The van der Waals surface area contributed by atoms with Gasteiger partial charge < -0.3 is 20.1 Å². The van der Waals surface area contributed by atoms with E-state index in [2.05, 4.69) is 10.3 Å². The summed E-state index contributed by atoms with van der Waals surface area (Å²) in [4.78, 5) is 28.5. The molecule has 1 fully saturated rings. The van der Waals surface area contributed by atoms with E-state index in [9.17, 15) is 9.59 Å². The maximum absolute atomic E-state index is 12.0. The number of carboxylic acid groups (broad SMARTS) is 1. The van der Waals surface area contributed by atoms with Crippen LogP contribution in [0.15, 0.2) is 5.38 Å². The molecule has 21 heavy (non-hydrogen) atoms. The van der Waals surface area contributed by atoms with Gasteiger partial charge in [0.25, 0.3) is 0 Å². The third-order valence-corrected chi connectivity index (χ3v) is 4.00. The molecule has 1 aliphatic heterocycles. The lowest BCUT2D eigenvalue weighted by Gasteiger charge is -2.35. The lowest BCUT2D eigenvalue weighted by Crippen LogP contribution is -2.51. The van der Waals surface area contributed by atoms with Gasteiger partial charge in [-0.1, -0.05) is 0 Å². The van der Waals surface area contributed by atoms with Crippen molar-refractivity contribution in [3.05, 3.63) is 16.1 Å². The highest BCUT2D eigenvalue weighted by atomic mass is 32.1. The number of ether oxygens (including phenoxy) is 1. The summed E-state index contributed by atoms with van der Waals surface area (Å²) in [5, 5.41) is 13.8. The maximum atomic E-state index is 12.0. The number of hydrogen-bond donors (Lipinski definition) is 2. The normalized spacial score (nSPS) is 22.1. The van der Waals surface area contributed by atoms with Gasteiger partial charge in [-0.25, -0.2) is 14.6 Å². The Labute approximate surface area is 126 Å². The molecule has 2 amide bonds. The average molecular weight is 313 g/mol. The molecule has 0 bridgehead atoms. The molecule has 116 valence electrons. The van der Waals surface area contributed by atoms with Crippen molar-refractivity contribution < 1.29 is 19.4 Å². The first kappa shape index (κ1) is 15.7. The molecule has 2 atom stereocenters. The predicted molar refractivity (Wildman–Crippen MR) is 77.8 cm³/mol. The second-order valence-electron chi connectivity index (χ2n) is 5.08. The molecule has 8 heteroatoms. The van der Waals surface area contributed by atoms with Crippen molar-refractivity contribution in [3.8, 4) is 0 Å². The van der Waals surface area contributed by atoms with Crippen LogP contribution in [0.2, 0.25) is 0 Å². The highest BCUT2D eigenvalue weighted by Gasteiger charge is 2.25. The first-order chi connectivity index (χ1) is 9.95. The minimum atomic E-state index is -1.03. The van der Waals surface area contributed by atoms with E-state index in [-0.39, 0.29) is 23.9 Å². The fraction of sp³-hybridized carbons (Fsp3) is 0.615. The number of carboxylic acids is 1. The number of aromatic nitrogens is 1. The summed E-state index contributed by atoms with van der Waals surface area (Å²) in [7, 11) is 0. The highest BCUT2D eigenvalue weighted by Crippen LogP contribution is 2.11. The van der Waals surface area contributed by atoms with Crippen LogP contribution in [-0.4, -0.2) is 58.8 Å². The molecule has 0 aliphatic carbocycles. The van der Waals surface area contributed by atoms with Gasteiger partial charge in [-0.3, -0.25) is 0 Å². The third-order valence-electron chi connectivity index (χ3n) is 3.09. The first-order valence-electron chi connectivity index (χ1n) is 6.81. The Balaban J connectivity index is 1.77.